The summed E-state index contributed by atoms with van der Waals surface area (Å²) < 4.78 is 24.0. The highest BCUT2D eigenvalue weighted by atomic mass is 32.2. The molecule has 1 aromatic carbocycles. The van der Waals surface area contributed by atoms with Crippen molar-refractivity contribution < 1.29 is 8.42 Å². The van der Waals surface area contributed by atoms with Gasteiger partial charge in [-0.2, -0.15) is 11.8 Å². The third-order valence-electron chi connectivity index (χ3n) is 2.40. The molecular formula is C10H12O2S2. The predicted octanol–water partition coefficient (Wildman–Crippen LogP) is 1.97. The average molecular weight is 228 g/mol. The zero-order valence-electron chi connectivity index (χ0n) is 7.72. The standard InChI is InChI=1S/C10H12O2S2/c11-14(12,10-6-7-13-8-10)9-4-2-1-3-5-9/h1-5,10H,6-8H2. The first-order chi connectivity index (χ1) is 6.71. The Bertz CT molecular complexity index is 391. The van der Waals surface area contributed by atoms with Crippen molar-refractivity contribution in [2.75, 3.05) is 11.5 Å². The van der Waals surface area contributed by atoms with Gasteiger partial charge in [-0.3, -0.25) is 0 Å². The normalized spacial score (nSPS) is 22.4. The minimum absolute atomic E-state index is 0.171. The average Bonchev–Trinajstić information content (AvgIpc) is 2.72. The van der Waals surface area contributed by atoms with Gasteiger partial charge >= 0.3 is 0 Å². The molecule has 0 bridgehead atoms. The lowest BCUT2D eigenvalue weighted by Crippen LogP contribution is -2.20. The number of sulfone groups is 1. The highest BCUT2D eigenvalue weighted by Crippen LogP contribution is 2.27. The Morgan fingerprint density at radius 3 is 2.50 bits per heavy atom. The first-order valence-electron chi connectivity index (χ1n) is 4.58. The number of thioether (sulfide) groups is 1. The van der Waals surface area contributed by atoms with Gasteiger partial charge in [-0.05, 0) is 24.3 Å². The first kappa shape index (κ1) is 10.1. The largest absolute Gasteiger partial charge is 0.223 e. The van der Waals surface area contributed by atoms with Crippen LogP contribution in [0.1, 0.15) is 6.42 Å². The molecule has 0 amide bonds. The fourth-order valence-corrected chi connectivity index (χ4v) is 5.11. The van der Waals surface area contributed by atoms with Gasteiger partial charge in [0.15, 0.2) is 9.84 Å². The molecule has 1 atom stereocenters. The van der Waals surface area contributed by atoms with Crippen molar-refractivity contribution in [3.8, 4) is 0 Å². The van der Waals surface area contributed by atoms with Gasteiger partial charge in [0.1, 0.15) is 0 Å². The zero-order valence-corrected chi connectivity index (χ0v) is 9.35. The van der Waals surface area contributed by atoms with Gasteiger partial charge < -0.3 is 0 Å². The van der Waals surface area contributed by atoms with Gasteiger partial charge in [-0.25, -0.2) is 8.42 Å². The van der Waals surface area contributed by atoms with E-state index in [1.165, 1.54) is 0 Å². The lowest BCUT2D eigenvalue weighted by Gasteiger charge is -2.09. The first-order valence-corrected chi connectivity index (χ1v) is 7.28. The van der Waals surface area contributed by atoms with Crippen LogP contribution < -0.4 is 0 Å². The fourth-order valence-electron chi connectivity index (χ4n) is 1.56. The number of hydrogen-bond donors (Lipinski definition) is 0. The van der Waals surface area contributed by atoms with Crippen LogP contribution >= 0.6 is 11.8 Å². The molecular weight excluding hydrogens is 216 g/mol. The summed E-state index contributed by atoms with van der Waals surface area (Å²) in [5.74, 6) is 1.72. The van der Waals surface area contributed by atoms with Crippen LogP contribution in [0.5, 0.6) is 0 Å². The van der Waals surface area contributed by atoms with E-state index in [1.54, 1.807) is 36.0 Å². The molecule has 76 valence electrons. The minimum Gasteiger partial charge on any atom is -0.223 e. The van der Waals surface area contributed by atoms with E-state index in [2.05, 4.69) is 0 Å². The third kappa shape index (κ3) is 1.81. The second kappa shape index (κ2) is 3.95. The lowest BCUT2D eigenvalue weighted by atomic mass is 10.4. The molecule has 1 aliphatic heterocycles. The van der Waals surface area contributed by atoms with E-state index in [-0.39, 0.29) is 5.25 Å². The second-order valence-electron chi connectivity index (χ2n) is 3.34. The molecule has 1 fully saturated rings. The zero-order chi connectivity index (χ0) is 10.0. The summed E-state index contributed by atoms with van der Waals surface area (Å²) in [6, 6.07) is 8.74. The van der Waals surface area contributed by atoms with E-state index >= 15 is 0 Å². The minimum atomic E-state index is -3.06. The molecule has 1 saturated heterocycles. The Hall–Kier alpha value is -0.480. The molecule has 0 radical (unpaired) electrons. The summed E-state index contributed by atoms with van der Waals surface area (Å²) in [5, 5.41) is -0.171. The van der Waals surface area contributed by atoms with E-state index in [0.29, 0.717) is 4.90 Å². The van der Waals surface area contributed by atoms with E-state index in [9.17, 15) is 8.42 Å². The second-order valence-corrected chi connectivity index (χ2v) is 6.72. The Morgan fingerprint density at radius 2 is 1.93 bits per heavy atom. The van der Waals surface area contributed by atoms with E-state index in [0.717, 1.165) is 17.9 Å². The van der Waals surface area contributed by atoms with Crippen molar-refractivity contribution in [3.05, 3.63) is 30.3 Å². The molecule has 4 heteroatoms. The molecule has 0 aliphatic carbocycles. The topological polar surface area (TPSA) is 34.1 Å². The molecule has 2 rings (SSSR count). The van der Waals surface area contributed by atoms with Crippen molar-refractivity contribution in [3.63, 3.8) is 0 Å². The quantitative estimate of drug-likeness (QED) is 0.776. The molecule has 1 unspecified atom stereocenters. The number of hydrogen-bond acceptors (Lipinski definition) is 3. The van der Waals surface area contributed by atoms with E-state index < -0.39 is 9.84 Å². The smallest absolute Gasteiger partial charge is 0.182 e. The Morgan fingerprint density at radius 1 is 1.21 bits per heavy atom. The van der Waals surface area contributed by atoms with Crippen LogP contribution in [0, 0.1) is 0 Å². The molecule has 1 aromatic rings. The maximum Gasteiger partial charge on any atom is 0.182 e. The molecule has 1 aliphatic rings. The molecule has 2 nitrogen and oxygen atoms in total. The van der Waals surface area contributed by atoms with E-state index in [4.69, 9.17) is 0 Å². The third-order valence-corrected chi connectivity index (χ3v) is 5.98. The van der Waals surface area contributed by atoms with Crippen LogP contribution in [-0.4, -0.2) is 25.2 Å². The molecule has 0 aromatic heterocycles. The monoisotopic (exact) mass is 228 g/mol. The van der Waals surface area contributed by atoms with Crippen molar-refractivity contribution in [2.24, 2.45) is 0 Å². The number of rotatable bonds is 2. The maximum atomic E-state index is 12.0. The van der Waals surface area contributed by atoms with Gasteiger partial charge in [0, 0.05) is 5.75 Å². The van der Waals surface area contributed by atoms with E-state index in [1.807, 2.05) is 6.07 Å². The molecule has 0 saturated carbocycles. The Balaban J connectivity index is 2.33. The van der Waals surface area contributed by atoms with Crippen LogP contribution in [0.3, 0.4) is 0 Å². The van der Waals surface area contributed by atoms with Gasteiger partial charge in [0.05, 0.1) is 10.1 Å². The van der Waals surface area contributed by atoms with Crippen LogP contribution in [0.2, 0.25) is 0 Å². The Kier molecular flexibility index (Phi) is 2.83. The molecule has 0 N–H and O–H groups in total. The van der Waals surface area contributed by atoms with Crippen LogP contribution in [0.4, 0.5) is 0 Å². The molecule has 14 heavy (non-hydrogen) atoms. The SMILES string of the molecule is O=S(=O)(c1ccccc1)C1CCSC1. The summed E-state index contributed by atoms with van der Waals surface area (Å²) in [6.45, 7) is 0. The molecule has 1 heterocycles. The summed E-state index contributed by atoms with van der Waals surface area (Å²) in [5.41, 5.74) is 0. The fraction of sp³-hybridized carbons (Fsp3) is 0.400. The van der Waals surface area contributed by atoms with Crippen molar-refractivity contribution in [1.82, 2.24) is 0 Å². The van der Waals surface area contributed by atoms with Crippen LogP contribution in [0.15, 0.2) is 35.2 Å². The van der Waals surface area contributed by atoms with Crippen molar-refractivity contribution in [1.29, 1.82) is 0 Å². The van der Waals surface area contributed by atoms with Crippen LogP contribution in [-0.2, 0) is 9.84 Å². The van der Waals surface area contributed by atoms with Gasteiger partial charge in [0.25, 0.3) is 0 Å². The van der Waals surface area contributed by atoms with Gasteiger partial charge in [0.2, 0.25) is 0 Å². The van der Waals surface area contributed by atoms with Gasteiger partial charge in [-0.15, -0.1) is 0 Å². The summed E-state index contributed by atoms with van der Waals surface area (Å²) in [7, 11) is -3.06. The summed E-state index contributed by atoms with van der Waals surface area (Å²) in [4.78, 5) is 0.465. The lowest BCUT2D eigenvalue weighted by molar-refractivity contribution is 0.584. The highest BCUT2D eigenvalue weighted by Gasteiger charge is 2.30. The molecule has 0 spiro atoms. The summed E-state index contributed by atoms with van der Waals surface area (Å²) in [6.07, 6.45) is 0.794. The maximum absolute atomic E-state index is 12.0. The number of benzene rings is 1. The highest BCUT2D eigenvalue weighted by molar-refractivity contribution is 8.01. The van der Waals surface area contributed by atoms with Crippen molar-refractivity contribution >= 4 is 21.6 Å². The van der Waals surface area contributed by atoms with Gasteiger partial charge in [-0.1, -0.05) is 18.2 Å². The van der Waals surface area contributed by atoms with Crippen LogP contribution in [0.25, 0.3) is 0 Å². The van der Waals surface area contributed by atoms with Crippen molar-refractivity contribution in [2.45, 2.75) is 16.6 Å². The summed E-state index contributed by atoms with van der Waals surface area (Å²) >= 11 is 1.72. The Labute approximate surface area is 88.6 Å². The predicted molar refractivity (Wildman–Crippen MR) is 59.4 cm³/mol.